The van der Waals surface area contributed by atoms with Gasteiger partial charge in [0.25, 0.3) is 0 Å². The van der Waals surface area contributed by atoms with Gasteiger partial charge < -0.3 is 10.1 Å². The first-order chi connectivity index (χ1) is 9.72. The van der Waals surface area contributed by atoms with E-state index in [2.05, 4.69) is 50.4 Å². The number of hydrogen-bond acceptors (Lipinski definition) is 2. The van der Waals surface area contributed by atoms with Crippen molar-refractivity contribution in [3.8, 4) is 0 Å². The van der Waals surface area contributed by atoms with Crippen LogP contribution in [0.1, 0.15) is 50.7 Å². The van der Waals surface area contributed by atoms with Gasteiger partial charge in [0.1, 0.15) is 0 Å². The lowest BCUT2D eigenvalue weighted by Crippen LogP contribution is -2.40. The normalized spacial score (nSPS) is 19.9. The van der Waals surface area contributed by atoms with E-state index in [0.717, 1.165) is 19.8 Å². The van der Waals surface area contributed by atoms with Crippen molar-refractivity contribution in [2.24, 2.45) is 5.92 Å². The summed E-state index contributed by atoms with van der Waals surface area (Å²) in [6.45, 7) is 9.30. The van der Waals surface area contributed by atoms with Gasteiger partial charge in [-0.25, -0.2) is 0 Å². The molecule has 20 heavy (non-hydrogen) atoms. The lowest BCUT2D eigenvalue weighted by atomic mass is 9.82. The van der Waals surface area contributed by atoms with Crippen molar-refractivity contribution in [1.82, 2.24) is 5.32 Å². The van der Waals surface area contributed by atoms with Crippen LogP contribution in [-0.2, 0) is 11.2 Å². The average molecular weight is 275 g/mol. The van der Waals surface area contributed by atoms with Crippen LogP contribution in [0.5, 0.6) is 0 Å². The quantitative estimate of drug-likeness (QED) is 0.818. The van der Waals surface area contributed by atoms with Gasteiger partial charge in [0.2, 0.25) is 0 Å². The van der Waals surface area contributed by atoms with Crippen molar-refractivity contribution in [2.45, 2.75) is 52.0 Å². The van der Waals surface area contributed by atoms with Gasteiger partial charge in [0.05, 0.1) is 6.61 Å². The molecule has 1 aliphatic carbocycles. The molecule has 112 valence electrons. The highest BCUT2D eigenvalue weighted by atomic mass is 16.5. The van der Waals surface area contributed by atoms with E-state index in [-0.39, 0.29) is 0 Å². The molecule has 2 rings (SSSR count). The fourth-order valence-electron chi connectivity index (χ4n) is 3.09. The van der Waals surface area contributed by atoms with E-state index in [4.69, 9.17) is 4.74 Å². The molecule has 0 radical (unpaired) electrons. The van der Waals surface area contributed by atoms with Crippen LogP contribution in [0.15, 0.2) is 24.3 Å². The van der Waals surface area contributed by atoms with E-state index < -0.39 is 0 Å². The monoisotopic (exact) mass is 275 g/mol. The maximum Gasteiger partial charge on any atom is 0.0621 e. The number of hydrogen-bond donors (Lipinski definition) is 1. The Labute approximate surface area is 123 Å². The molecule has 0 saturated carbocycles. The Hall–Kier alpha value is -0.860. The standard InChI is InChI=1S/C18H29NO/c1-4-20-13-18(14(2)3)19-12-16-10-7-9-15-8-5-6-11-17(15)16/h5-6,8,11,14,16,18-19H,4,7,9-10,12-13H2,1-3H3. The molecule has 2 heteroatoms. The van der Waals surface area contributed by atoms with Gasteiger partial charge >= 0.3 is 0 Å². The van der Waals surface area contributed by atoms with Gasteiger partial charge in [-0.05, 0) is 49.1 Å². The third kappa shape index (κ3) is 4.07. The van der Waals surface area contributed by atoms with E-state index in [9.17, 15) is 0 Å². The number of aryl methyl sites for hydroxylation is 1. The Balaban J connectivity index is 1.93. The van der Waals surface area contributed by atoms with E-state index in [1.807, 2.05) is 0 Å². The molecule has 0 aromatic heterocycles. The third-order valence-electron chi connectivity index (χ3n) is 4.43. The van der Waals surface area contributed by atoms with E-state index in [1.165, 1.54) is 19.3 Å². The first kappa shape index (κ1) is 15.5. The summed E-state index contributed by atoms with van der Waals surface area (Å²) in [6.07, 6.45) is 3.88. The predicted octanol–water partition coefficient (Wildman–Crippen LogP) is 3.76. The first-order valence-electron chi connectivity index (χ1n) is 8.11. The SMILES string of the molecule is CCOCC(NCC1CCCc2ccccc21)C(C)C. The minimum absolute atomic E-state index is 0.462. The maximum atomic E-state index is 5.60. The van der Waals surface area contributed by atoms with Crippen LogP contribution in [0.3, 0.4) is 0 Å². The second-order valence-electron chi connectivity index (χ2n) is 6.21. The zero-order chi connectivity index (χ0) is 14.4. The molecule has 0 fully saturated rings. The molecule has 2 unspecified atom stereocenters. The molecule has 0 heterocycles. The van der Waals surface area contributed by atoms with Gasteiger partial charge in [-0.15, -0.1) is 0 Å². The summed E-state index contributed by atoms with van der Waals surface area (Å²) >= 11 is 0. The minimum atomic E-state index is 0.462. The molecular weight excluding hydrogens is 246 g/mol. The second kappa shape index (κ2) is 7.80. The molecule has 0 aliphatic heterocycles. The Morgan fingerprint density at radius 3 is 2.85 bits per heavy atom. The highest BCUT2D eigenvalue weighted by molar-refractivity contribution is 5.32. The van der Waals surface area contributed by atoms with Crippen LogP contribution < -0.4 is 5.32 Å². The molecule has 1 aliphatic rings. The molecule has 0 bridgehead atoms. The van der Waals surface area contributed by atoms with Crippen LogP contribution in [0.4, 0.5) is 0 Å². The lowest BCUT2D eigenvalue weighted by molar-refractivity contribution is 0.107. The first-order valence-corrected chi connectivity index (χ1v) is 8.11. The molecule has 2 nitrogen and oxygen atoms in total. The summed E-state index contributed by atoms with van der Waals surface area (Å²) in [4.78, 5) is 0. The molecule has 1 aromatic carbocycles. The molecule has 1 N–H and O–H groups in total. The number of fused-ring (bicyclic) bond motifs is 1. The van der Waals surface area contributed by atoms with Crippen LogP contribution in [0, 0.1) is 5.92 Å². The van der Waals surface area contributed by atoms with Crippen molar-refractivity contribution < 1.29 is 4.74 Å². The number of benzene rings is 1. The van der Waals surface area contributed by atoms with Crippen molar-refractivity contribution in [3.63, 3.8) is 0 Å². The highest BCUT2D eigenvalue weighted by Gasteiger charge is 2.21. The molecule has 1 aromatic rings. The summed E-state index contributed by atoms with van der Waals surface area (Å²) in [7, 11) is 0. The fraction of sp³-hybridized carbons (Fsp3) is 0.667. The Bertz CT molecular complexity index is 402. The van der Waals surface area contributed by atoms with Crippen molar-refractivity contribution >= 4 is 0 Å². The minimum Gasteiger partial charge on any atom is -0.380 e. The van der Waals surface area contributed by atoms with Crippen LogP contribution in [-0.4, -0.2) is 25.8 Å². The van der Waals surface area contributed by atoms with Crippen molar-refractivity contribution in [1.29, 1.82) is 0 Å². The largest absolute Gasteiger partial charge is 0.380 e. The van der Waals surface area contributed by atoms with E-state index in [1.54, 1.807) is 11.1 Å². The molecular formula is C18H29NO. The van der Waals surface area contributed by atoms with E-state index >= 15 is 0 Å². The summed E-state index contributed by atoms with van der Waals surface area (Å²) < 4.78 is 5.60. The highest BCUT2D eigenvalue weighted by Crippen LogP contribution is 2.31. The Morgan fingerprint density at radius 2 is 2.10 bits per heavy atom. The number of ether oxygens (including phenoxy) is 1. The van der Waals surface area contributed by atoms with Crippen LogP contribution >= 0.6 is 0 Å². The van der Waals surface area contributed by atoms with E-state index in [0.29, 0.717) is 17.9 Å². The Kier molecular flexibility index (Phi) is 6.06. The number of rotatable bonds is 7. The lowest BCUT2D eigenvalue weighted by Gasteiger charge is -2.29. The molecule has 0 spiro atoms. The van der Waals surface area contributed by atoms with Crippen LogP contribution in [0.25, 0.3) is 0 Å². The van der Waals surface area contributed by atoms with Gasteiger partial charge in [-0.3, -0.25) is 0 Å². The predicted molar refractivity (Wildman–Crippen MR) is 85.2 cm³/mol. The van der Waals surface area contributed by atoms with Gasteiger partial charge in [-0.1, -0.05) is 38.1 Å². The topological polar surface area (TPSA) is 21.3 Å². The summed E-state index contributed by atoms with van der Waals surface area (Å²) in [5.41, 5.74) is 3.11. The molecule has 2 atom stereocenters. The maximum absolute atomic E-state index is 5.60. The molecule has 0 amide bonds. The zero-order valence-corrected chi connectivity index (χ0v) is 13.2. The number of nitrogens with one attached hydrogen (secondary N) is 1. The zero-order valence-electron chi connectivity index (χ0n) is 13.2. The van der Waals surface area contributed by atoms with Crippen LogP contribution in [0.2, 0.25) is 0 Å². The van der Waals surface area contributed by atoms with Gasteiger partial charge in [0.15, 0.2) is 0 Å². The summed E-state index contributed by atoms with van der Waals surface area (Å²) in [5.74, 6) is 1.28. The van der Waals surface area contributed by atoms with Gasteiger partial charge in [-0.2, -0.15) is 0 Å². The molecule has 0 saturated heterocycles. The van der Waals surface area contributed by atoms with Crippen molar-refractivity contribution in [2.75, 3.05) is 19.8 Å². The summed E-state index contributed by atoms with van der Waals surface area (Å²) in [6, 6.07) is 9.41. The third-order valence-corrected chi connectivity index (χ3v) is 4.43. The summed E-state index contributed by atoms with van der Waals surface area (Å²) in [5, 5.41) is 3.74. The fourth-order valence-corrected chi connectivity index (χ4v) is 3.09. The average Bonchev–Trinajstić information content (AvgIpc) is 2.47. The Morgan fingerprint density at radius 1 is 1.30 bits per heavy atom. The second-order valence-corrected chi connectivity index (χ2v) is 6.21. The van der Waals surface area contributed by atoms with Gasteiger partial charge in [0, 0.05) is 19.2 Å². The smallest absolute Gasteiger partial charge is 0.0621 e. The van der Waals surface area contributed by atoms with Crippen molar-refractivity contribution in [3.05, 3.63) is 35.4 Å².